The number of nitrogens with zero attached hydrogens (tertiary/aromatic N) is 2. The molecule has 1 aromatic heterocycles. The van der Waals surface area contributed by atoms with Gasteiger partial charge in [0, 0.05) is 22.4 Å². The predicted octanol–water partition coefficient (Wildman–Crippen LogP) is 6.02. The number of thiol groups is 1. The Kier molecular flexibility index (Phi) is 8.24. The largest absolute Gasteiger partial charge is 0.321 e. The van der Waals surface area contributed by atoms with Gasteiger partial charge in [0.25, 0.3) is 11.8 Å². The maximum Gasteiger partial charge on any atom is 0.273 e. The van der Waals surface area contributed by atoms with Crippen LogP contribution in [0.25, 0.3) is 0 Å². The van der Waals surface area contributed by atoms with Crippen LogP contribution < -0.4 is 10.7 Å². The SMILES string of the molecule is O=C(Nc1ccc(Br)cc1C(=O)N/N=C/c1ccc(F)cc1)c1ccc(C(S)c2ccncc2)cc1. The molecule has 2 amide bonds. The molecule has 180 valence electrons. The predicted molar refractivity (Wildman–Crippen MR) is 145 cm³/mol. The molecule has 2 N–H and O–H groups in total. The van der Waals surface area contributed by atoms with E-state index in [-0.39, 0.29) is 22.5 Å². The second-order valence-corrected chi connectivity index (χ2v) is 9.13. The fourth-order valence-electron chi connectivity index (χ4n) is 3.34. The molecule has 9 heteroatoms. The Morgan fingerprint density at radius 1 is 0.917 bits per heavy atom. The van der Waals surface area contributed by atoms with Gasteiger partial charge in [0.15, 0.2) is 0 Å². The topological polar surface area (TPSA) is 83.5 Å². The van der Waals surface area contributed by atoms with Crippen molar-refractivity contribution in [3.05, 3.63) is 129 Å². The van der Waals surface area contributed by atoms with Gasteiger partial charge in [-0.25, -0.2) is 9.82 Å². The molecule has 1 atom stereocenters. The number of amides is 2. The van der Waals surface area contributed by atoms with Crippen LogP contribution in [0.1, 0.15) is 42.7 Å². The zero-order chi connectivity index (χ0) is 25.5. The van der Waals surface area contributed by atoms with E-state index in [4.69, 9.17) is 0 Å². The molecule has 0 saturated heterocycles. The first-order valence-corrected chi connectivity index (χ1v) is 12.1. The van der Waals surface area contributed by atoms with Crippen molar-refractivity contribution in [2.45, 2.75) is 5.25 Å². The molecule has 6 nitrogen and oxygen atoms in total. The van der Waals surface area contributed by atoms with Crippen molar-refractivity contribution in [1.82, 2.24) is 10.4 Å². The molecule has 36 heavy (non-hydrogen) atoms. The standard InChI is InChI=1S/C27H20BrFN4O2S/c28-21-7-10-24(23(15-21)27(35)33-31-16-17-1-8-22(29)9-2-17)32-26(34)20-5-3-18(4-6-20)25(36)19-11-13-30-14-12-19/h1-16,25,36H,(H,32,34)(H,33,35)/b31-16+. The van der Waals surface area contributed by atoms with E-state index >= 15 is 0 Å². The molecule has 0 aliphatic carbocycles. The van der Waals surface area contributed by atoms with Gasteiger partial charge in [-0.1, -0.05) is 40.2 Å². The number of hydrazone groups is 1. The smallest absolute Gasteiger partial charge is 0.273 e. The fraction of sp³-hybridized carbons (Fsp3) is 0.0370. The first kappa shape index (κ1) is 25.3. The minimum Gasteiger partial charge on any atom is -0.321 e. The van der Waals surface area contributed by atoms with E-state index in [0.29, 0.717) is 21.3 Å². The molecule has 0 aliphatic heterocycles. The zero-order valence-corrected chi connectivity index (χ0v) is 21.2. The maximum absolute atomic E-state index is 13.0. The third kappa shape index (κ3) is 6.44. The Bertz CT molecular complexity index is 1400. The van der Waals surface area contributed by atoms with E-state index < -0.39 is 5.91 Å². The lowest BCUT2D eigenvalue weighted by Crippen LogP contribution is -2.21. The van der Waals surface area contributed by atoms with Crippen LogP contribution in [0.3, 0.4) is 0 Å². The van der Waals surface area contributed by atoms with E-state index in [2.05, 4.69) is 49.4 Å². The van der Waals surface area contributed by atoms with E-state index in [1.165, 1.54) is 30.5 Å². The summed E-state index contributed by atoms with van der Waals surface area (Å²) in [6, 6.07) is 21.5. The quantitative estimate of drug-likeness (QED) is 0.146. The Morgan fingerprint density at radius 2 is 1.58 bits per heavy atom. The molecule has 0 bridgehead atoms. The minimum absolute atomic E-state index is 0.151. The maximum atomic E-state index is 13.0. The Hall–Kier alpha value is -3.82. The van der Waals surface area contributed by atoms with Gasteiger partial charge in [0.05, 0.1) is 22.7 Å². The third-order valence-electron chi connectivity index (χ3n) is 5.23. The molecule has 0 aliphatic rings. The fourth-order valence-corrected chi connectivity index (χ4v) is 4.04. The number of carbonyl (C=O) groups excluding carboxylic acids is 2. The number of nitrogens with one attached hydrogen (secondary N) is 2. The van der Waals surface area contributed by atoms with Crippen LogP contribution in [0.5, 0.6) is 0 Å². The summed E-state index contributed by atoms with van der Waals surface area (Å²) in [4.78, 5) is 29.7. The Balaban J connectivity index is 1.46. The van der Waals surface area contributed by atoms with Crippen molar-refractivity contribution < 1.29 is 14.0 Å². The van der Waals surface area contributed by atoms with Crippen LogP contribution in [0.15, 0.2) is 101 Å². The van der Waals surface area contributed by atoms with Crippen molar-refractivity contribution in [1.29, 1.82) is 0 Å². The van der Waals surface area contributed by atoms with Crippen LogP contribution in [0.2, 0.25) is 0 Å². The molecular formula is C27H20BrFN4O2S. The van der Waals surface area contributed by atoms with E-state index in [1.807, 2.05) is 24.3 Å². The van der Waals surface area contributed by atoms with Gasteiger partial charge in [-0.3, -0.25) is 14.6 Å². The summed E-state index contributed by atoms with van der Waals surface area (Å²) in [5.74, 6) is -1.25. The van der Waals surface area contributed by atoms with Gasteiger partial charge in [-0.15, -0.1) is 0 Å². The second kappa shape index (κ2) is 11.7. The summed E-state index contributed by atoms with van der Waals surface area (Å²) >= 11 is 8.02. The number of benzene rings is 3. The summed E-state index contributed by atoms with van der Waals surface area (Å²) < 4.78 is 13.7. The highest BCUT2D eigenvalue weighted by Gasteiger charge is 2.16. The molecule has 1 heterocycles. The summed E-state index contributed by atoms with van der Waals surface area (Å²) in [7, 11) is 0. The number of aromatic nitrogens is 1. The van der Waals surface area contributed by atoms with E-state index in [1.54, 1.807) is 42.7 Å². The van der Waals surface area contributed by atoms with Crippen LogP contribution in [-0.2, 0) is 0 Å². The van der Waals surface area contributed by atoms with Crippen molar-refractivity contribution in [2.75, 3.05) is 5.32 Å². The van der Waals surface area contributed by atoms with Crippen LogP contribution in [-0.4, -0.2) is 23.0 Å². The monoisotopic (exact) mass is 562 g/mol. The zero-order valence-electron chi connectivity index (χ0n) is 18.7. The van der Waals surface area contributed by atoms with Gasteiger partial charge < -0.3 is 5.32 Å². The molecule has 0 spiro atoms. The number of hydrogen-bond donors (Lipinski definition) is 3. The summed E-state index contributed by atoms with van der Waals surface area (Å²) in [5.41, 5.74) is 5.96. The van der Waals surface area contributed by atoms with Crippen molar-refractivity contribution in [2.24, 2.45) is 5.10 Å². The van der Waals surface area contributed by atoms with Gasteiger partial charge in [-0.05, 0) is 71.3 Å². The molecule has 0 radical (unpaired) electrons. The minimum atomic E-state index is -0.518. The van der Waals surface area contributed by atoms with Crippen LogP contribution >= 0.6 is 28.6 Å². The first-order valence-electron chi connectivity index (χ1n) is 10.8. The number of rotatable bonds is 7. The van der Waals surface area contributed by atoms with Crippen molar-refractivity contribution >= 4 is 52.3 Å². The number of pyridine rings is 1. The second-order valence-electron chi connectivity index (χ2n) is 7.70. The average Bonchev–Trinajstić information content (AvgIpc) is 2.91. The molecule has 0 saturated carbocycles. The highest BCUT2D eigenvalue weighted by Crippen LogP contribution is 2.28. The molecule has 3 aromatic carbocycles. The number of halogens is 2. The van der Waals surface area contributed by atoms with Gasteiger partial charge in [-0.2, -0.15) is 17.7 Å². The normalized spacial score (nSPS) is 11.8. The van der Waals surface area contributed by atoms with Gasteiger partial charge in [0.1, 0.15) is 5.82 Å². The van der Waals surface area contributed by atoms with Gasteiger partial charge >= 0.3 is 0 Å². The molecule has 4 aromatic rings. The third-order valence-corrected chi connectivity index (χ3v) is 6.32. The average molecular weight is 563 g/mol. The lowest BCUT2D eigenvalue weighted by atomic mass is 10.0. The molecule has 1 unspecified atom stereocenters. The van der Waals surface area contributed by atoms with Crippen LogP contribution in [0, 0.1) is 5.82 Å². The molecule has 4 rings (SSSR count). The highest BCUT2D eigenvalue weighted by molar-refractivity contribution is 9.10. The highest BCUT2D eigenvalue weighted by atomic mass is 79.9. The summed E-state index contributed by atoms with van der Waals surface area (Å²) in [6.45, 7) is 0. The van der Waals surface area contributed by atoms with E-state index in [0.717, 1.165) is 11.1 Å². The lowest BCUT2D eigenvalue weighted by Gasteiger charge is -2.13. The van der Waals surface area contributed by atoms with Gasteiger partial charge in [0.2, 0.25) is 0 Å². The van der Waals surface area contributed by atoms with Crippen LogP contribution in [0.4, 0.5) is 10.1 Å². The number of anilines is 1. The summed E-state index contributed by atoms with van der Waals surface area (Å²) in [5, 5.41) is 6.56. The Morgan fingerprint density at radius 3 is 2.28 bits per heavy atom. The molecular weight excluding hydrogens is 543 g/mol. The van der Waals surface area contributed by atoms with Crippen molar-refractivity contribution in [3.63, 3.8) is 0 Å². The lowest BCUT2D eigenvalue weighted by molar-refractivity contribution is 0.0956. The summed E-state index contributed by atoms with van der Waals surface area (Å²) in [6.07, 6.45) is 4.82. The van der Waals surface area contributed by atoms with E-state index in [9.17, 15) is 14.0 Å². The molecule has 0 fully saturated rings. The Labute approximate surface area is 221 Å². The number of hydrogen-bond acceptors (Lipinski definition) is 5. The van der Waals surface area contributed by atoms with Crippen molar-refractivity contribution in [3.8, 4) is 0 Å². The first-order chi connectivity index (χ1) is 17.4. The number of carbonyl (C=O) groups is 2.